The van der Waals surface area contributed by atoms with Crippen LogP contribution in [0.15, 0.2) is 59.2 Å². The molecule has 128 valence electrons. The van der Waals surface area contributed by atoms with Crippen LogP contribution in [0.2, 0.25) is 0 Å². The molecule has 25 heavy (non-hydrogen) atoms. The van der Waals surface area contributed by atoms with Gasteiger partial charge in [0.05, 0.1) is 11.0 Å². The maximum absolute atomic E-state index is 5.38. The molecule has 2 N–H and O–H groups in total. The van der Waals surface area contributed by atoms with Crippen LogP contribution in [0, 0.1) is 13.8 Å². The topological polar surface area (TPSA) is 41.9 Å². The van der Waals surface area contributed by atoms with Crippen LogP contribution in [0.1, 0.15) is 16.7 Å². The lowest BCUT2D eigenvalue weighted by Crippen LogP contribution is -2.19. The second-order valence-electron chi connectivity index (χ2n) is 5.96. The van der Waals surface area contributed by atoms with Gasteiger partial charge in [0.25, 0.3) is 0 Å². The zero-order valence-electron chi connectivity index (χ0n) is 14.1. The molecule has 0 bridgehead atoms. The highest BCUT2D eigenvalue weighted by molar-refractivity contribution is 9.10. The maximum Gasteiger partial charge on any atom is 0.176 e. The van der Waals surface area contributed by atoms with E-state index in [1.54, 1.807) is 0 Å². The Bertz CT molecular complexity index is 887. The summed E-state index contributed by atoms with van der Waals surface area (Å²) in [7, 11) is 0. The van der Waals surface area contributed by atoms with Crippen LogP contribution in [-0.2, 0) is 6.54 Å². The molecule has 3 rings (SSSR count). The molecular formula is C19H19BrN4S. The molecule has 0 radical (unpaired) electrons. The molecule has 0 saturated heterocycles. The van der Waals surface area contributed by atoms with Crippen LogP contribution in [-0.4, -0.2) is 14.9 Å². The summed E-state index contributed by atoms with van der Waals surface area (Å²) in [6.07, 6.45) is 1.94. The number of thiocarbonyl (C=S) groups is 1. The molecule has 0 unspecified atom stereocenters. The highest BCUT2D eigenvalue weighted by Crippen LogP contribution is 2.21. The molecule has 0 aliphatic carbocycles. The van der Waals surface area contributed by atoms with E-state index in [-0.39, 0.29) is 0 Å². The lowest BCUT2D eigenvalue weighted by Gasteiger charge is -2.09. The molecule has 0 atom stereocenters. The Labute approximate surface area is 161 Å². The highest BCUT2D eigenvalue weighted by atomic mass is 79.9. The van der Waals surface area contributed by atoms with Crippen LogP contribution in [0.25, 0.3) is 0 Å². The fourth-order valence-corrected chi connectivity index (χ4v) is 3.07. The van der Waals surface area contributed by atoms with Crippen molar-refractivity contribution in [2.45, 2.75) is 20.4 Å². The molecule has 0 spiro atoms. The summed E-state index contributed by atoms with van der Waals surface area (Å²) in [5.41, 5.74) is 4.58. The van der Waals surface area contributed by atoms with Gasteiger partial charge in [0.2, 0.25) is 0 Å². The third kappa shape index (κ3) is 4.90. The molecule has 2 aromatic carbocycles. The van der Waals surface area contributed by atoms with Crippen molar-refractivity contribution in [3.63, 3.8) is 0 Å². The molecule has 0 saturated carbocycles. The summed E-state index contributed by atoms with van der Waals surface area (Å²) in [6.45, 7) is 4.84. The number of halogens is 1. The van der Waals surface area contributed by atoms with Gasteiger partial charge in [0, 0.05) is 11.9 Å². The largest absolute Gasteiger partial charge is 0.332 e. The Morgan fingerprint density at radius 3 is 2.56 bits per heavy atom. The van der Waals surface area contributed by atoms with Crippen LogP contribution in [0.3, 0.4) is 0 Å². The summed E-state index contributed by atoms with van der Waals surface area (Å²) >= 11 is 8.92. The van der Waals surface area contributed by atoms with E-state index in [0.717, 1.165) is 10.2 Å². The first-order valence-electron chi connectivity index (χ1n) is 7.93. The molecule has 0 aliphatic heterocycles. The minimum Gasteiger partial charge on any atom is -0.332 e. The Hall–Kier alpha value is -2.18. The highest BCUT2D eigenvalue weighted by Gasteiger charge is 2.09. The van der Waals surface area contributed by atoms with E-state index < -0.39 is 0 Å². The average Bonchev–Trinajstić information content (AvgIpc) is 2.89. The second-order valence-corrected chi connectivity index (χ2v) is 7.22. The summed E-state index contributed by atoms with van der Waals surface area (Å²) in [4.78, 5) is 0. The van der Waals surface area contributed by atoms with Gasteiger partial charge in [-0.1, -0.05) is 42.0 Å². The third-order valence-electron chi connectivity index (χ3n) is 3.69. The van der Waals surface area contributed by atoms with Gasteiger partial charge in [0.15, 0.2) is 10.9 Å². The van der Waals surface area contributed by atoms with Gasteiger partial charge >= 0.3 is 0 Å². The smallest absolute Gasteiger partial charge is 0.176 e. The molecule has 6 heteroatoms. The standard InChI is InChI=1S/C19H19BrN4S/c1-13-6-8-15(9-7-13)11-24-12-17(20)18(23-24)22-19(25)21-16-5-3-4-14(2)10-16/h3-10,12H,11H2,1-2H3,(H2,21,22,23,25). The van der Waals surface area contributed by atoms with Crippen molar-refractivity contribution in [2.24, 2.45) is 0 Å². The van der Waals surface area contributed by atoms with Gasteiger partial charge in [0.1, 0.15) is 0 Å². The van der Waals surface area contributed by atoms with E-state index >= 15 is 0 Å². The number of nitrogens with one attached hydrogen (secondary N) is 2. The van der Waals surface area contributed by atoms with Gasteiger partial charge in [-0.05, 0) is 65.3 Å². The molecular weight excluding hydrogens is 396 g/mol. The molecule has 0 fully saturated rings. The zero-order valence-corrected chi connectivity index (χ0v) is 16.5. The Morgan fingerprint density at radius 2 is 1.84 bits per heavy atom. The summed E-state index contributed by atoms with van der Waals surface area (Å²) < 4.78 is 2.75. The van der Waals surface area contributed by atoms with Crippen LogP contribution >= 0.6 is 28.1 Å². The predicted octanol–water partition coefficient (Wildman–Crippen LogP) is 5.12. The van der Waals surface area contributed by atoms with Gasteiger partial charge in [-0.25, -0.2) is 0 Å². The molecule has 3 aromatic rings. The Kier molecular flexibility index (Phi) is 5.50. The van der Waals surface area contributed by atoms with E-state index in [1.807, 2.05) is 42.1 Å². The number of benzene rings is 2. The van der Waals surface area contributed by atoms with Gasteiger partial charge in [-0.3, -0.25) is 4.68 Å². The predicted molar refractivity (Wildman–Crippen MR) is 111 cm³/mol. The lowest BCUT2D eigenvalue weighted by molar-refractivity contribution is 0.689. The van der Waals surface area contributed by atoms with E-state index in [4.69, 9.17) is 12.2 Å². The fourth-order valence-electron chi connectivity index (χ4n) is 2.44. The maximum atomic E-state index is 5.38. The normalized spacial score (nSPS) is 10.5. The monoisotopic (exact) mass is 414 g/mol. The summed E-state index contributed by atoms with van der Waals surface area (Å²) in [5.74, 6) is 0.692. The molecule has 0 aliphatic rings. The van der Waals surface area contributed by atoms with Gasteiger partial charge in [-0.2, -0.15) is 5.10 Å². The fraction of sp³-hybridized carbons (Fsp3) is 0.158. The van der Waals surface area contributed by atoms with Crippen molar-refractivity contribution >= 4 is 44.8 Å². The lowest BCUT2D eigenvalue weighted by atomic mass is 10.1. The minimum absolute atomic E-state index is 0.506. The van der Waals surface area contributed by atoms with E-state index in [1.165, 1.54) is 16.7 Å². The zero-order chi connectivity index (χ0) is 17.8. The average molecular weight is 415 g/mol. The minimum atomic E-state index is 0.506. The molecule has 4 nitrogen and oxygen atoms in total. The van der Waals surface area contributed by atoms with Crippen LogP contribution < -0.4 is 10.6 Å². The number of hydrogen-bond acceptors (Lipinski definition) is 2. The van der Waals surface area contributed by atoms with E-state index in [9.17, 15) is 0 Å². The van der Waals surface area contributed by atoms with Crippen molar-refractivity contribution in [2.75, 3.05) is 10.6 Å². The SMILES string of the molecule is Cc1ccc(Cn2cc(Br)c(NC(=S)Nc3cccc(C)c3)n2)cc1. The Balaban J connectivity index is 1.65. The number of aryl methyl sites for hydroxylation is 2. The summed E-state index contributed by atoms with van der Waals surface area (Å²) in [6, 6.07) is 16.5. The van der Waals surface area contributed by atoms with Gasteiger partial charge < -0.3 is 10.6 Å². The van der Waals surface area contributed by atoms with Crippen LogP contribution in [0.5, 0.6) is 0 Å². The quantitative estimate of drug-likeness (QED) is 0.581. The number of rotatable bonds is 4. The van der Waals surface area contributed by atoms with Gasteiger partial charge in [-0.15, -0.1) is 0 Å². The van der Waals surface area contributed by atoms with Crippen molar-refractivity contribution in [3.05, 3.63) is 75.9 Å². The number of hydrogen-bond donors (Lipinski definition) is 2. The number of anilines is 2. The first kappa shape index (κ1) is 17.6. The molecule has 1 aromatic heterocycles. The summed E-state index contributed by atoms with van der Waals surface area (Å²) in [5, 5.41) is 11.4. The van der Waals surface area contributed by atoms with Crippen molar-refractivity contribution in [1.82, 2.24) is 9.78 Å². The number of nitrogens with zero attached hydrogens (tertiary/aromatic N) is 2. The van der Waals surface area contributed by atoms with E-state index in [2.05, 4.69) is 62.9 Å². The van der Waals surface area contributed by atoms with Crippen LogP contribution in [0.4, 0.5) is 11.5 Å². The van der Waals surface area contributed by atoms with Crippen molar-refractivity contribution < 1.29 is 0 Å². The molecule has 0 amide bonds. The second kappa shape index (κ2) is 7.80. The molecule has 1 heterocycles. The first-order chi connectivity index (χ1) is 12.0. The first-order valence-corrected chi connectivity index (χ1v) is 9.13. The van der Waals surface area contributed by atoms with E-state index in [0.29, 0.717) is 17.5 Å². The van der Waals surface area contributed by atoms with Crippen molar-refractivity contribution in [3.8, 4) is 0 Å². The number of aromatic nitrogens is 2. The third-order valence-corrected chi connectivity index (χ3v) is 4.47. The Morgan fingerprint density at radius 1 is 1.08 bits per heavy atom. The van der Waals surface area contributed by atoms with Crippen molar-refractivity contribution in [1.29, 1.82) is 0 Å².